The van der Waals surface area contributed by atoms with Crippen LogP contribution >= 0.6 is 0 Å². The molecule has 3 heterocycles. The number of rotatable bonds is 3. The quantitative estimate of drug-likeness (QED) is 0.860. The number of piperidine rings is 1. The maximum Gasteiger partial charge on any atom is 0.282 e. The van der Waals surface area contributed by atoms with Gasteiger partial charge in [0.15, 0.2) is 0 Å². The number of hydrogen-bond acceptors (Lipinski definition) is 3. The molecule has 2 fully saturated rings. The second-order valence-corrected chi connectivity index (χ2v) is 8.02. The molecule has 1 aromatic heterocycles. The molecule has 2 aliphatic heterocycles. The fourth-order valence-corrected chi connectivity index (χ4v) is 5.18. The van der Waals surface area contributed by atoms with Gasteiger partial charge in [0.2, 0.25) is 0 Å². The first kappa shape index (κ1) is 14.9. The highest BCUT2D eigenvalue weighted by atomic mass is 32.2. The van der Waals surface area contributed by atoms with E-state index in [0.29, 0.717) is 25.6 Å². The van der Waals surface area contributed by atoms with Crippen molar-refractivity contribution < 1.29 is 8.42 Å². The van der Waals surface area contributed by atoms with Crippen LogP contribution in [0, 0.1) is 5.92 Å². The third-order valence-electron chi connectivity index (χ3n) is 4.66. The largest absolute Gasteiger partial charge is 0.282 e. The molecule has 1 aromatic rings. The molecular weight excluding hydrogens is 286 g/mol. The Balaban J connectivity index is 1.81. The van der Waals surface area contributed by atoms with E-state index in [4.69, 9.17) is 0 Å². The Morgan fingerprint density at radius 3 is 2.43 bits per heavy atom. The average molecular weight is 309 g/mol. The van der Waals surface area contributed by atoms with E-state index < -0.39 is 10.2 Å². The molecule has 0 radical (unpaired) electrons. The minimum absolute atomic E-state index is 0.0302. The Bertz CT molecular complexity index is 568. The summed E-state index contributed by atoms with van der Waals surface area (Å²) >= 11 is 0. The van der Waals surface area contributed by atoms with Crippen LogP contribution in [0.15, 0.2) is 24.5 Å². The van der Waals surface area contributed by atoms with Gasteiger partial charge in [0.25, 0.3) is 10.2 Å². The SMILES string of the molecule is CC1CCN(S(=O)(=O)N2CCC[C@H]2c2ccncc2)CC1. The van der Waals surface area contributed by atoms with Crippen LogP contribution in [0.25, 0.3) is 0 Å². The zero-order valence-electron chi connectivity index (χ0n) is 12.5. The van der Waals surface area contributed by atoms with Gasteiger partial charge in [-0.15, -0.1) is 0 Å². The minimum Gasteiger partial charge on any atom is -0.265 e. The Morgan fingerprint density at radius 1 is 1.10 bits per heavy atom. The van der Waals surface area contributed by atoms with E-state index in [1.807, 2.05) is 12.1 Å². The van der Waals surface area contributed by atoms with Gasteiger partial charge >= 0.3 is 0 Å². The Morgan fingerprint density at radius 2 is 1.76 bits per heavy atom. The predicted octanol–water partition coefficient (Wildman–Crippen LogP) is 2.20. The summed E-state index contributed by atoms with van der Waals surface area (Å²) in [6.45, 7) is 4.13. The molecule has 2 aliphatic rings. The Labute approximate surface area is 127 Å². The van der Waals surface area contributed by atoms with Gasteiger partial charge in [0.05, 0.1) is 6.04 Å². The second kappa shape index (κ2) is 6.02. The van der Waals surface area contributed by atoms with Gasteiger partial charge in [-0.2, -0.15) is 17.0 Å². The normalized spacial score (nSPS) is 26.2. The lowest BCUT2D eigenvalue weighted by atomic mass is 10.0. The van der Waals surface area contributed by atoms with Gasteiger partial charge in [0.1, 0.15) is 0 Å². The molecule has 2 saturated heterocycles. The lowest BCUT2D eigenvalue weighted by Crippen LogP contribution is -2.46. The minimum atomic E-state index is -3.34. The topological polar surface area (TPSA) is 53.5 Å². The molecule has 116 valence electrons. The fourth-order valence-electron chi connectivity index (χ4n) is 3.30. The van der Waals surface area contributed by atoms with E-state index >= 15 is 0 Å². The summed E-state index contributed by atoms with van der Waals surface area (Å²) in [7, 11) is -3.34. The maximum atomic E-state index is 12.9. The van der Waals surface area contributed by atoms with Crippen LogP contribution in [-0.2, 0) is 10.2 Å². The van der Waals surface area contributed by atoms with Crippen LogP contribution in [0.5, 0.6) is 0 Å². The highest BCUT2D eigenvalue weighted by molar-refractivity contribution is 7.86. The summed E-state index contributed by atoms with van der Waals surface area (Å²) < 4.78 is 29.2. The van der Waals surface area contributed by atoms with E-state index in [1.165, 1.54) is 0 Å². The molecule has 0 N–H and O–H groups in total. The number of aromatic nitrogens is 1. The molecule has 0 bridgehead atoms. The lowest BCUT2D eigenvalue weighted by Gasteiger charge is -2.34. The van der Waals surface area contributed by atoms with E-state index in [9.17, 15) is 8.42 Å². The molecule has 21 heavy (non-hydrogen) atoms. The van der Waals surface area contributed by atoms with Crippen LogP contribution in [0.3, 0.4) is 0 Å². The van der Waals surface area contributed by atoms with Gasteiger partial charge < -0.3 is 0 Å². The van der Waals surface area contributed by atoms with Crippen LogP contribution in [0.1, 0.15) is 44.2 Å². The summed E-state index contributed by atoms with van der Waals surface area (Å²) in [5, 5.41) is 0. The van der Waals surface area contributed by atoms with E-state index in [1.54, 1.807) is 21.0 Å². The van der Waals surface area contributed by atoms with Crippen molar-refractivity contribution in [3.8, 4) is 0 Å². The van der Waals surface area contributed by atoms with Gasteiger partial charge in [-0.05, 0) is 49.3 Å². The van der Waals surface area contributed by atoms with E-state index in [-0.39, 0.29) is 6.04 Å². The molecule has 6 heteroatoms. The van der Waals surface area contributed by atoms with Crippen molar-refractivity contribution in [2.45, 2.75) is 38.6 Å². The van der Waals surface area contributed by atoms with Crippen LogP contribution in [0.4, 0.5) is 0 Å². The zero-order valence-corrected chi connectivity index (χ0v) is 13.3. The predicted molar refractivity (Wildman–Crippen MR) is 81.8 cm³/mol. The highest BCUT2D eigenvalue weighted by Gasteiger charge is 2.39. The van der Waals surface area contributed by atoms with Crippen LogP contribution in [-0.4, -0.2) is 41.6 Å². The average Bonchev–Trinajstić information content (AvgIpc) is 2.99. The molecule has 5 nitrogen and oxygen atoms in total. The smallest absolute Gasteiger partial charge is 0.265 e. The summed E-state index contributed by atoms with van der Waals surface area (Å²) in [4.78, 5) is 4.02. The molecule has 0 aromatic carbocycles. The summed E-state index contributed by atoms with van der Waals surface area (Å²) in [5.74, 6) is 0.631. The third kappa shape index (κ3) is 2.98. The standard InChI is InChI=1S/C15H23N3O2S/c1-13-6-11-17(12-7-13)21(19,20)18-10-2-3-15(18)14-4-8-16-9-5-14/h4-5,8-9,13,15H,2-3,6-7,10-12H2,1H3/t15-/m0/s1. The molecule has 0 amide bonds. The van der Waals surface area contributed by atoms with Crippen LogP contribution < -0.4 is 0 Å². The van der Waals surface area contributed by atoms with Gasteiger partial charge in [0, 0.05) is 32.0 Å². The second-order valence-electron chi connectivity index (χ2n) is 6.14. The van der Waals surface area contributed by atoms with E-state index in [2.05, 4.69) is 11.9 Å². The van der Waals surface area contributed by atoms with E-state index in [0.717, 1.165) is 31.2 Å². The van der Waals surface area contributed by atoms with Crippen molar-refractivity contribution in [3.63, 3.8) is 0 Å². The van der Waals surface area contributed by atoms with Gasteiger partial charge in [-0.25, -0.2) is 0 Å². The van der Waals surface area contributed by atoms with Crippen molar-refractivity contribution in [2.75, 3.05) is 19.6 Å². The molecule has 0 aliphatic carbocycles. The maximum absolute atomic E-state index is 12.9. The monoisotopic (exact) mass is 309 g/mol. The molecule has 0 unspecified atom stereocenters. The molecule has 1 atom stereocenters. The van der Waals surface area contributed by atoms with Gasteiger partial charge in [-0.3, -0.25) is 4.98 Å². The molecule has 3 rings (SSSR count). The molecule has 0 spiro atoms. The van der Waals surface area contributed by atoms with Crippen molar-refractivity contribution in [1.82, 2.24) is 13.6 Å². The number of pyridine rings is 1. The number of nitrogens with zero attached hydrogens (tertiary/aromatic N) is 3. The Hall–Kier alpha value is -0.980. The van der Waals surface area contributed by atoms with Crippen molar-refractivity contribution >= 4 is 10.2 Å². The molecular formula is C15H23N3O2S. The lowest BCUT2D eigenvalue weighted by molar-refractivity contribution is 0.260. The zero-order chi connectivity index (χ0) is 14.9. The fraction of sp³-hybridized carbons (Fsp3) is 0.667. The van der Waals surface area contributed by atoms with Crippen LogP contribution in [0.2, 0.25) is 0 Å². The third-order valence-corrected chi connectivity index (χ3v) is 6.71. The number of hydrogen-bond donors (Lipinski definition) is 0. The highest BCUT2D eigenvalue weighted by Crippen LogP contribution is 2.35. The summed E-state index contributed by atoms with van der Waals surface area (Å²) in [5.41, 5.74) is 1.05. The van der Waals surface area contributed by atoms with Crippen molar-refractivity contribution in [1.29, 1.82) is 0 Å². The molecule has 0 saturated carbocycles. The summed E-state index contributed by atoms with van der Waals surface area (Å²) in [6, 6.07) is 3.82. The van der Waals surface area contributed by atoms with Crippen molar-refractivity contribution in [2.24, 2.45) is 5.92 Å². The van der Waals surface area contributed by atoms with Gasteiger partial charge in [-0.1, -0.05) is 6.92 Å². The first-order chi connectivity index (χ1) is 10.1. The van der Waals surface area contributed by atoms with Crippen molar-refractivity contribution in [3.05, 3.63) is 30.1 Å². The Kier molecular flexibility index (Phi) is 4.28. The summed E-state index contributed by atoms with van der Waals surface area (Å²) in [6.07, 6.45) is 7.23. The first-order valence-corrected chi connectivity index (χ1v) is 9.15. The first-order valence-electron chi connectivity index (χ1n) is 7.76.